The van der Waals surface area contributed by atoms with Crippen LogP contribution in [0.1, 0.15) is 92.9 Å². The number of ketones is 1. The van der Waals surface area contributed by atoms with Gasteiger partial charge in [0.25, 0.3) is 0 Å². The van der Waals surface area contributed by atoms with Crippen LogP contribution in [0.3, 0.4) is 0 Å². The van der Waals surface area contributed by atoms with Crippen molar-refractivity contribution >= 4 is 12.1 Å². The zero-order valence-electron chi connectivity index (χ0n) is 21.5. The summed E-state index contributed by atoms with van der Waals surface area (Å²) in [6.45, 7) is 13.5. The normalized spacial score (nSPS) is 55.4. The van der Waals surface area contributed by atoms with Gasteiger partial charge >= 0.3 is 0 Å². The number of carbonyl (C=O) groups is 2. The minimum Gasteiger partial charge on any atom is -0.393 e. The maximum absolute atomic E-state index is 13.6. The van der Waals surface area contributed by atoms with Crippen LogP contribution in [0.4, 0.5) is 0 Å². The second kappa shape index (κ2) is 7.03. The van der Waals surface area contributed by atoms with E-state index in [9.17, 15) is 19.8 Å². The summed E-state index contributed by atoms with van der Waals surface area (Å²) in [5, 5.41) is 21.5. The highest BCUT2D eigenvalue weighted by Crippen LogP contribution is 2.73. The van der Waals surface area contributed by atoms with E-state index in [1.807, 2.05) is 6.92 Å². The van der Waals surface area contributed by atoms with Gasteiger partial charge in [-0.25, -0.2) is 0 Å². The van der Waals surface area contributed by atoms with Crippen molar-refractivity contribution in [2.45, 2.75) is 105 Å². The Labute approximate surface area is 199 Å². The molecule has 5 aliphatic carbocycles. The fraction of sp³-hybridized carbons (Fsp3) is 0.862. The van der Waals surface area contributed by atoms with Crippen LogP contribution >= 0.6 is 0 Å². The van der Waals surface area contributed by atoms with E-state index in [1.54, 1.807) is 0 Å². The molecule has 0 spiro atoms. The molecule has 0 amide bonds. The molecule has 5 rings (SSSR count). The van der Waals surface area contributed by atoms with Crippen molar-refractivity contribution in [3.8, 4) is 0 Å². The second-order valence-corrected chi connectivity index (χ2v) is 14.1. The molecule has 4 heteroatoms. The molecule has 0 aromatic heterocycles. The Morgan fingerprint density at radius 2 is 1.64 bits per heavy atom. The van der Waals surface area contributed by atoms with Gasteiger partial charge in [0.15, 0.2) is 0 Å². The average Bonchev–Trinajstić information content (AvgIpc) is 2.73. The Balaban J connectivity index is 1.58. The summed E-state index contributed by atoms with van der Waals surface area (Å²) in [5.41, 5.74) is 0.434. The van der Waals surface area contributed by atoms with Gasteiger partial charge in [0.2, 0.25) is 0 Å². The van der Waals surface area contributed by atoms with Crippen LogP contribution in [0.2, 0.25) is 0 Å². The quantitative estimate of drug-likeness (QED) is 0.425. The maximum Gasteiger partial charge on any atom is 0.137 e. The second-order valence-electron chi connectivity index (χ2n) is 14.1. The monoisotopic (exact) mass is 456 g/mol. The Morgan fingerprint density at radius 1 is 0.939 bits per heavy atom. The highest BCUT2D eigenvalue weighted by molar-refractivity contribution is 5.85. The first-order valence-corrected chi connectivity index (χ1v) is 13.3. The van der Waals surface area contributed by atoms with Crippen LogP contribution in [-0.4, -0.2) is 34.5 Å². The molecule has 33 heavy (non-hydrogen) atoms. The van der Waals surface area contributed by atoms with Crippen molar-refractivity contribution in [3.05, 3.63) is 11.6 Å². The van der Waals surface area contributed by atoms with Gasteiger partial charge < -0.3 is 15.0 Å². The first-order valence-electron chi connectivity index (χ1n) is 13.3. The third-order valence-electron chi connectivity index (χ3n) is 12.4. The number of aliphatic hydroxyl groups excluding tert-OH is 2. The lowest BCUT2D eigenvalue weighted by Gasteiger charge is -2.70. The maximum atomic E-state index is 13.6. The lowest BCUT2D eigenvalue weighted by atomic mass is 9.34. The molecule has 10 atom stereocenters. The number of hydrogen-bond acceptors (Lipinski definition) is 4. The van der Waals surface area contributed by atoms with Gasteiger partial charge in [0.1, 0.15) is 12.1 Å². The SMILES string of the molecule is CC1(C)CC2C3=CCC4C5(C)CCC(O)C(C)(C=O)C5CCC4(C)C3(C)CC(=O)C2CC1O. The fourth-order valence-electron chi connectivity index (χ4n) is 10.0. The third kappa shape index (κ3) is 2.83. The van der Waals surface area contributed by atoms with Gasteiger partial charge in [0, 0.05) is 17.8 Å². The van der Waals surface area contributed by atoms with Crippen molar-refractivity contribution in [3.63, 3.8) is 0 Å². The Kier molecular flexibility index (Phi) is 5.05. The van der Waals surface area contributed by atoms with E-state index >= 15 is 0 Å². The molecule has 0 bridgehead atoms. The van der Waals surface area contributed by atoms with Crippen molar-refractivity contribution in [1.82, 2.24) is 0 Å². The fourth-order valence-corrected chi connectivity index (χ4v) is 10.0. The minimum absolute atomic E-state index is 0.00471. The summed E-state index contributed by atoms with van der Waals surface area (Å²) in [4.78, 5) is 25.9. The molecule has 0 aromatic rings. The number of aliphatic hydroxyl groups is 2. The van der Waals surface area contributed by atoms with Gasteiger partial charge in [-0.15, -0.1) is 0 Å². The molecule has 0 saturated heterocycles. The largest absolute Gasteiger partial charge is 0.393 e. The average molecular weight is 457 g/mol. The lowest BCUT2D eigenvalue weighted by Crippen LogP contribution is -2.65. The first kappa shape index (κ1) is 23.7. The van der Waals surface area contributed by atoms with Crippen LogP contribution in [0.5, 0.6) is 0 Å². The zero-order chi connectivity index (χ0) is 24.2. The molecule has 184 valence electrons. The summed E-state index contributed by atoms with van der Waals surface area (Å²) < 4.78 is 0. The van der Waals surface area contributed by atoms with Crippen LogP contribution < -0.4 is 0 Å². The molecule has 4 fully saturated rings. The number of rotatable bonds is 1. The summed E-state index contributed by atoms with van der Waals surface area (Å²) in [5.74, 6) is 1.13. The van der Waals surface area contributed by atoms with E-state index in [-0.39, 0.29) is 39.4 Å². The molecule has 0 heterocycles. The molecule has 10 unspecified atom stereocenters. The highest BCUT2D eigenvalue weighted by Gasteiger charge is 2.68. The molecule has 0 aromatic carbocycles. The number of carbonyl (C=O) groups excluding carboxylic acids is 2. The van der Waals surface area contributed by atoms with Gasteiger partial charge in [-0.1, -0.05) is 53.2 Å². The molecule has 4 saturated carbocycles. The van der Waals surface area contributed by atoms with Crippen LogP contribution in [0.25, 0.3) is 0 Å². The van der Waals surface area contributed by atoms with E-state index < -0.39 is 17.6 Å². The molecule has 2 N–H and O–H groups in total. The molecule has 4 nitrogen and oxygen atoms in total. The van der Waals surface area contributed by atoms with Crippen LogP contribution in [0, 0.1) is 50.7 Å². The molecular formula is C29H44O4. The Hall–Kier alpha value is -1.00. The molecule has 0 radical (unpaired) electrons. The van der Waals surface area contributed by atoms with E-state index in [2.05, 4.69) is 40.7 Å². The Bertz CT molecular complexity index is 905. The standard InChI is InChI=1S/C29H44O4/c1-25(2)14-18-17(13-24(25)33)20(31)15-29(6)19(18)7-8-22-26(3)11-10-23(32)27(4,16-30)21(26)9-12-28(22,29)5/h7,16-18,21-24,32-33H,8-15H2,1-6H3. The zero-order valence-corrected chi connectivity index (χ0v) is 21.5. The van der Waals surface area contributed by atoms with Crippen molar-refractivity contribution < 1.29 is 19.8 Å². The van der Waals surface area contributed by atoms with E-state index in [4.69, 9.17) is 0 Å². The minimum atomic E-state index is -0.684. The number of allylic oxidation sites excluding steroid dienone is 2. The number of hydrogen-bond donors (Lipinski definition) is 2. The highest BCUT2D eigenvalue weighted by atomic mass is 16.3. The van der Waals surface area contributed by atoms with E-state index in [1.165, 1.54) is 5.57 Å². The topological polar surface area (TPSA) is 74.6 Å². The molecular weight excluding hydrogens is 412 g/mol. The van der Waals surface area contributed by atoms with E-state index in [0.29, 0.717) is 31.0 Å². The number of Topliss-reactive ketones (excluding diaryl/α,β-unsaturated/α-hetero) is 1. The summed E-state index contributed by atoms with van der Waals surface area (Å²) >= 11 is 0. The van der Waals surface area contributed by atoms with Gasteiger partial charge in [-0.2, -0.15) is 0 Å². The van der Waals surface area contributed by atoms with Crippen molar-refractivity contribution in [1.29, 1.82) is 0 Å². The van der Waals surface area contributed by atoms with Crippen molar-refractivity contribution in [2.75, 3.05) is 0 Å². The molecule has 5 aliphatic rings. The van der Waals surface area contributed by atoms with Gasteiger partial charge in [-0.3, -0.25) is 4.79 Å². The van der Waals surface area contributed by atoms with Crippen LogP contribution in [0.15, 0.2) is 11.6 Å². The van der Waals surface area contributed by atoms with E-state index in [0.717, 1.165) is 38.4 Å². The third-order valence-corrected chi connectivity index (χ3v) is 12.4. The van der Waals surface area contributed by atoms with Gasteiger partial charge in [0.05, 0.1) is 17.6 Å². The summed E-state index contributed by atoms with van der Waals surface area (Å²) in [6, 6.07) is 0. The first-order chi connectivity index (χ1) is 15.2. The van der Waals surface area contributed by atoms with Gasteiger partial charge in [-0.05, 0) is 78.9 Å². The predicted octanol–water partition coefficient (Wildman–Crippen LogP) is 5.11. The summed E-state index contributed by atoms with van der Waals surface area (Å²) in [6.07, 6.45) is 9.16. The lowest BCUT2D eigenvalue weighted by molar-refractivity contribution is -0.200. The smallest absolute Gasteiger partial charge is 0.137 e. The Morgan fingerprint density at radius 3 is 2.30 bits per heavy atom. The summed E-state index contributed by atoms with van der Waals surface area (Å²) in [7, 11) is 0. The van der Waals surface area contributed by atoms with Crippen LogP contribution in [-0.2, 0) is 9.59 Å². The molecule has 0 aliphatic heterocycles. The number of fused-ring (bicyclic) bond motifs is 7. The van der Waals surface area contributed by atoms with Crippen molar-refractivity contribution in [2.24, 2.45) is 50.7 Å². The predicted molar refractivity (Wildman–Crippen MR) is 128 cm³/mol. The number of aldehydes is 1.